The number of hydrogen-bond donors (Lipinski definition) is 1. The van der Waals surface area contributed by atoms with Crippen LogP contribution in [0.4, 0.5) is 4.79 Å². The molecule has 0 aromatic heterocycles. The Bertz CT molecular complexity index is 192. The smallest absolute Gasteiger partial charge is 0.479 e. The second-order valence-electron chi connectivity index (χ2n) is 3.28. The molecule has 0 atom stereocenters. The minimum absolute atomic E-state index is 0.284. The van der Waals surface area contributed by atoms with E-state index in [2.05, 4.69) is 6.92 Å². The van der Waals surface area contributed by atoms with E-state index in [4.69, 9.17) is 18.4 Å². The Morgan fingerprint density at radius 1 is 1.06 bits per heavy atom. The molecule has 0 amide bonds. The van der Waals surface area contributed by atoms with E-state index in [1.807, 2.05) is 0 Å². The van der Waals surface area contributed by atoms with Crippen LogP contribution in [0, 0.1) is 0 Å². The zero-order valence-corrected chi connectivity index (χ0v) is 11.3. The summed E-state index contributed by atoms with van der Waals surface area (Å²) in [6.07, 6.45) is 2.91. The fourth-order valence-corrected chi connectivity index (χ4v) is 3.04. The van der Waals surface area contributed by atoms with Crippen LogP contribution in [0.1, 0.15) is 40.0 Å². The van der Waals surface area contributed by atoms with Crippen LogP contribution < -0.4 is 0 Å². The Kier molecular flexibility index (Phi) is 8.45. The van der Waals surface area contributed by atoms with Gasteiger partial charge in [-0.15, -0.1) is 0 Å². The predicted molar refractivity (Wildman–Crippen MR) is 62.5 cm³/mol. The van der Waals surface area contributed by atoms with Gasteiger partial charge in [0.2, 0.25) is 0 Å². The van der Waals surface area contributed by atoms with Crippen molar-refractivity contribution in [1.29, 1.82) is 0 Å². The zero-order chi connectivity index (χ0) is 12.4. The molecule has 0 heterocycles. The van der Waals surface area contributed by atoms with Crippen molar-refractivity contribution >= 4 is 14.4 Å². The number of unbranched alkanes of at least 4 members (excludes halogenated alkanes) is 2. The molecule has 0 saturated carbocycles. The van der Waals surface area contributed by atoms with Gasteiger partial charge in [-0.25, -0.2) is 4.79 Å². The average Bonchev–Trinajstić information content (AvgIpc) is 2.24. The highest BCUT2D eigenvalue weighted by molar-refractivity contribution is 6.90. The molecule has 0 aromatic carbocycles. The molecule has 1 N–H and O–H groups in total. The molecule has 0 rings (SSSR count). The molecular weight excluding hydrogens is 228 g/mol. The van der Waals surface area contributed by atoms with Crippen molar-refractivity contribution in [1.82, 2.24) is 0 Å². The highest BCUT2D eigenvalue weighted by atomic mass is 28.4. The molecule has 0 aromatic rings. The standard InChI is InChI=1S/C10H22O5Si/c1-4-7-8-9-15-16(10(11)12,13-5-2)14-6-3/h4-9H2,1-3H3,(H,11,12). The van der Waals surface area contributed by atoms with Crippen molar-refractivity contribution in [2.45, 2.75) is 40.0 Å². The van der Waals surface area contributed by atoms with Gasteiger partial charge in [0.25, 0.3) is 0 Å². The van der Waals surface area contributed by atoms with Gasteiger partial charge in [-0.05, 0) is 20.3 Å². The third-order valence-electron chi connectivity index (χ3n) is 1.97. The molecule has 16 heavy (non-hydrogen) atoms. The first-order valence-corrected chi connectivity index (χ1v) is 7.50. The molecule has 0 bridgehead atoms. The monoisotopic (exact) mass is 250 g/mol. The van der Waals surface area contributed by atoms with Gasteiger partial charge in [0.1, 0.15) is 0 Å². The molecule has 0 spiro atoms. The molecule has 0 saturated heterocycles. The van der Waals surface area contributed by atoms with Gasteiger partial charge in [-0.2, -0.15) is 0 Å². The van der Waals surface area contributed by atoms with Gasteiger partial charge in [-0.1, -0.05) is 19.8 Å². The third-order valence-corrected chi connectivity index (χ3v) is 4.42. The Labute approximate surface area is 98.1 Å². The van der Waals surface area contributed by atoms with Gasteiger partial charge in [0.15, 0.2) is 0 Å². The minimum Gasteiger partial charge on any atom is -0.479 e. The Balaban J connectivity index is 4.30. The van der Waals surface area contributed by atoms with Crippen LogP contribution in [0.3, 0.4) is 0 Å². The number of rotatable bonds is 10. The number of carbonyl (C=O) groups is 1. The maximum Gasteiger partial charge on any atom is 0.621 e. The van der Waals surface area contributed by atoms with Gasteiger partial charge in [0, 0.05) is 19.8 Å². The molecule has 0 radical (unpaired) electrons. The van der Waals surface area contributed by atoms with E-state index < -0.39 is 14.4 Å². The Morgan fingerprint density at radius 3 is 2.00 bits per heavy atom. The largest absolute Gasteiger partial charge is 0.621 e. The fraction of sp³-hybridized carbons (Fsp3) is 0.900. The van der Waals surface area contributed by atoms with Crippen LogP contribution >= 0.6 is 0 Å². The second-order valence-corrected chi connectivity index (χ2v) is 5.69. The van der Waals surface area contributed by atoms with Gasteiger partial charge in [-0.3, -0.25) is 0 Å². The molecule has 0 aliphatic heterocycles. The van der Waals surface area contributed by atoms with Crippen molar-refractivity contribution in [3.8, 4) is 0 Å². The van der Waals surface area contributed by atoms with E-state index in [0.29, 0.717) is 6.61 Å². The van der Waals surface area contributed by atoms with Crippen molar-refractivity contribution in [3.05, 3.63) is 0 Å². The summed E-state index contributed by atoms with van der Waals surface area (Å²) in [5, 5.41) is 9.13. The predicted octanol–water partition coefficient (Wildman–Crippen LogP) is 2.46. The molecule has 96 valence electrons. The molecule has 0 fully saturated rings. The molecular formula is C10H22O5Si. The molecule has 0 aliphatic rings. The van der Waals surface area contributed by atoms with Crippen LogP contribution in [0.25, 0.3) is 0 Å². The van der Waals surface area contributed by atoms with Crippen LogP contribution in [-0.2, 0) is 13.3 Å². The average molecular weight is 250 g/mol. The van der Waals surface area contributed by atoms with Crippen LogP contribution in [0.5, 0.6) is 0 Å². The van der Waals surface area contributed by atoms with Crippen molar-refractivity contribution in [2.24, 2.45) is 0 Å². The molecule has 0 unspecified atom stereocenters. The van der Waals surface area contributed by atoms with Gasteiger partial charge in [0.05, 0.1) is 0 Å². The first-order chi connectivity index (χ1) is 7.63. The van der Waals surface area contributed by atoms with Crippen LogP contribution in [-0.4, -0.2) is 39.3 Å². The van der Waals surface area contributed by atoms with Crippen LogP contribution in [0.2, 0.25) is 0 Å². The molecule has 5 nitrogen and oxygen atoms in total. The number of carboxylic acid groups (broad SMARTS) is 1. The third kappa shape index (κ3) is 5.07. The fourth-order valence-electron chi connectivity index (χ4n) is 1.25. The van der Waals surface area contributed by atoms with Crippen molar-refractivity contribution in [3.63, 3.8) is 0 Å². The van der Waals surface area contributed by atoms with Crippen molar-refractivity contribution in [2.75, 3.05) is 19.8 Å². The lowest BCUT2D eigenvalue weighted by atomic mass is 10.3. The molecule has 6 heteroatoms. The van der Waals surface area contributed by atoms with Gasteiger partial charge < -0.3 is 18.4 Å². The van der Waals surface area contributed by atoms with E-state index in [9.17, 15) is 4.79 Å². The van der Waals surface area contributed by atoms with Crippen LogP contribution in [0.15, 0.2) is 0 Å². The van der Waals surface area contributed by atoms with Gasteiger partial charge >= 0.3 is 14.4 Å². The lowest BCUT2D eigenvalue weighted by Gasteiger charge is -2.24. The Morgan fingerprint density at radius 2 is 1.62 bits per heavy atom. The summed E-state index contributed by atoms with van der Waals surface area (Å²) in [5.74, 6) is 0. The lowest BCUT2D eigenvalue weighted by Crippen LogP contribution is -2.53. The van der Waals surface area contributed by atoms with E-state index >= 15 is 0 Å². The SMILES string of the molecule is CCCCCO[Si](OCC)(OCC)C(=O)O. The molecule has 0 aliphatic carbocycles. The topological polar surface area (TPSA) is 65.0 Å². The summed E-state index contributed by atoms with van der Waals surface area (Å²) in [4.78, 5) is 11.2. The maximum atomic E-state index is 11.2. The second kappa shape index (κ2) is 8.69. The van der Waals surface area contributed by atoms with Crippen molar-refractivity contribution < 1.29 is 23.2 Å². The maximum absolute atomic E-state index is 11.2. The zero-order valence-electron chi connectivity index (χ0n) is 10.3. The summed E-state index contributed by atoms with van der Waals surface area (Å²) >= 11 is 0. The first kappa shape index (κ1) is 15.6. The normalized spacial score (nSPS) is 11.7. The highest BCUT2D eigenvalue weighted by Crippen LogP contribution is 2.12. The minimum atomic E-state index is -3.51. The summed E-state index contributed by atoms with van der Waals surface area (Å²) in [5.41, 5.74) is -1.10. The Hall–Kier alpha value is -0.433. The van der Waals surface area contributed by atoms with E-state index in [-0.39, 0.29) is 13.2 Å². The highest BCUT2D eigenvalue weighted by Gasteiger charge is 2.51. The summed E-state index contributed by atoms with van der Waals surface area (Å²) in [6, 6.07) is 0. The lowest BCUT2D eigenvalue weighted by molar-refractivity contribution is 0.0641. The summed E-state index contributed by atoms with van der Waals surface area (Å²) < 4.78 is 15.8. The summed E-state index contributed by atoms with van der Waals surface area (Å²) in [7, 11) is -3.51. The quantitative estimate of drug-likeness (QED) is 0.476. The van der Waals surface area contributed by atoms with E-state index in [1.54, 1.807) is 13.8 Å². The van der Waals surface area contributed by atoms with E-state index in [0.717, 1.165) is 19.3 Å². The van der Waals surface area contributed by atoms with E-state index in [1.165, 1.54) is 0 Å². The summed E-state index contributed by atoms with van der Waals surface area (Å²) in [6.45, 7) is 6.50. The number of hydrogen-bond acceptors (Lipinski definition) is 4. The first-order valence-electron chi connectivity index (χ1n) is 5.78.